The maximum absolute atomic E-state index is 5.80. The molecule has 1 aromatic rings. The Bertz CT molecular complexity index is 265. The zero-order valence-corrected chi connectivity index (χ0v) is 8.75. The standard InChI is InChI=1S/C10H19N3/c1-4-6-9(5-2)13-7-8(3)12-10(13)11/h7,9H,4-6H2,1-3H3,(H2,11,12). The Labute approximate surface area is 80.0 Å². The number of nitrogen functional groups attached to an aromatic ring is 1. The molecular formula is C10H19N3. The van der Waals surface area contributed by atoms with Crippen molar-refractivity contribution < 1.29 is 0 Å². The van der Waals surface area contributed by atoms with Gasteiger partial charge in [0.05, 0.1) is 5.69 Å². The molecule has 0 aliphatic rings. The maximum atomic E-state index is 5.80. The fourth-order valence-electron chi connectivity index (χ4n) is 1.70. The van der Waals surface area contributed by atoms with Gasteiger partial charge in [0.1, 0.15) is 0 Å². The first-order valence-corrected chi connectivity index (χ1v) is 5.00. The first-order valence-electron chi connectivity index (χ1n) is 5.00. The van der Waals surface area contributed by atoms with Crippen LogP contribution in [-0.2, 0) is 0 Å². The molecule has 0 aliphatic carbocycles. The van der Waals surface area contributed by atoms with Crippen molar-refractivity contribution in [2.75, 3.05) is 5.73 Å². The molecule has 0 fully saturated rings. The van der Waals surface area contributed by atoms with Crippen LogP contribution in [0.25, 0.3) is 0 Å². The van der Waals surface area contributed by atoms with Gasteiger partial charge < -0.3 is 10.3 Å². The molecule has 0 radical (unpaired) electrons. The van der Waals surface area contributed by atoms with Crippen LogP contribution in [0.2, 0.25) is 0 Å². The van der Waals surface area contributed by atoms with E-state index in [9.17, 15) is 0 Å². The number of rotatable bonds is 4. The molecule has 1 unspecified atom stereocenters. The van der Waals surface area contributed by atoms with Crippen LogP contribution in [0.15, 0.2) is 6.20 Å². The number of nitrogens with two attached hydrogens (primary N) is 1. The molecule has 3 heteroatoms. The maximum Gasteiger partial charge on any atom is 0.200 e. The molecule has 0 saturated heterocycles. The Morgan fingerprint density at radius 2 is 2.23 bits per heavy atom. The SMILES string of the molecule is CCCC(CC)n1cc(C)nc1N. The second-order valence-electron chi connectivity index (χ2n) is 3.50. The van der Waals surface area contributed by atoms with E-state index in [1.165, 1.54) is 12.8 Å². The smallest absolute Gasteiger partial charge is 0.200 e. The Kier molecular flexibility index (Phi) is 3.34. The van der Waals surface area contributed by atoms with Gasteiger partial charge in [-0.05, 0) is 19.8 Å². The highest BCUT2D eigenvalue weighted by Gasteiger charge is 2.10. The predicted molar refractivity (Wildman–Crippen MR) is 55.6 cm³/mol. The number of hydrogen-bond acceptors (Lipinski definition) is 2. The largest absolute Gasteiger partial charge is 0.369 e. The molecule has 0 bridgehead atoms. The number of anilines is 1. The monoisotopic (exact) mass is 181 g/mol. The van der Waals surface area contributed by atoms with Crippen LogP contribution in [-0.4, -0.2) is 9.55 Å². The summed E-state index contributed by atoms with van der Waals surface area (Å²) in [6.45, 7) is 6.36. The van der Waals surface area contributed by atoms with E-state index in [1.807, 2.05) is 13.1 Å². The Morgan fingerprint density at radius 1 is 1.54 bits per heavy atom. The van der Waals surface area contributed by atoms with Crippen molar-refractivity contribution in [1.82, 2.24) is 9.55 Å². The van der Waals surface area contributed by atoms with Gasteiger partial charge in [-0.1, -0.05) is 20.3 Å². The normalized spacial score (nSPS) is 13.2. The van der Waals surface area contributed by atoms with Crippen molar-refractivity contribution in [2.24, 2.45) is 0 Å². The van der Waals surface area contributed by atoms with Gasteiger partial charge in [0.25, 0.3) is 0 Å². The molecule has 2 N–H and O–H groups in total. The zero-order valence-electron chi connectivity index (χ0n) is 8.75. The topological polar surface area (TPSA) is 43.8 Å². The number of nitrogens with zero attached hydrogens (tertiary/aromatic N) is 2. The summed E-state index contributed by atoms with van der Waals surface area (Å²) in [5.41, 5.74) is 6.81. The molecule has 74 valence electrons. The van der Waals surface area contributed by atoms with Crippen LogP contribution in [0.1, 0.15) is 44.8 Å². The Balaban J connectivity index is 2.83. The molecule has 1 heterocycles. The van der Waals surface area contributed by atoms with Gasteiger partial charge in [-0.3, -0.25) is 0 Å². The summed E-state index contributed by atoms with van der Waals surface area (Å²) in [7, 11) is 0. The average Bonchev–Trinajstić information content (AvgIpc) is 2.41. The van der Waals surface area contributed by atoms with Crippen molar-refractivity contribution in [3.05, 3.63) is 11.9 Å². The first kappa shape index (κ1) is 10.1. The summed E-state index contributed by atoms with van der Waals surface area (Å²) in [6, 6.07) is 0.520. The van der Waals surface area contributed by atoms with Crippen molar-refractivity contribution >= 4 is 5.95 Å². The fraction of sp³-hybridized carbons (Fsp3) is 0.700. The quantitative estimate of drug-likeness (QED) is 0.775. The predicted octanol–water partition coefficient (Wildman–Crippen LogP) is 2.52. The lowest BCUT2D eigenvalue weighted by molar-refractivity contribution is 0.452. The summed E-state index contributed by atoms with van der Waals surface area (Å²) < 4.78 is 2.10. The molecular weight excluding hydrogens is 162 g/mol. The molecule has 0 saturated carbocycles. The van der Waals surface area contributed by atoms with Gasteiger partial charge in [-0.25, -0.2) is 4.98 Å². The minimum Gasteiger partial charge on any atom is -0.369 e. The third-order valence-electron chi connectivity index (χ3n) is 2.37. The van der Waals surface area contributed by atoms with Gasteiger partial charge in [0.2, 0.25) is 5.95 Å². The van der Waals surface area contributed by atoms with E-state index in [1.54, 1.807) is 0 Å². The summed E-state index contributed by atoms with van der Waals surface area (Å²) in [6.07, 6.45) is 5.53. The lowest BCUT2D eigenvalue weighted by Gasteiger charge is -2.16. The van der Waals surface area contributed by atoms with Gasteiger partial charge in [-0.15, -0.1) is 0 Å². The lowest BCUT2D eigenvalue weighted by atomic mass is 10.1. The van der Waals surface area contributed by atoms with Crippen LogP contribution in [0.5, 0.6) is 0 Å². The Morgan fingerprint density at radius 3 is 2.62 bits per heavy atom. The third kappa shape index (κ3) is 2.23. The second-order valence-corrected chi connectivity index (χ2v) is 3.50. The third-order valence-corrected chi connectivity index (χ3v) is 2.37. The highest BCUT2D eigenvalue weighted by Crippen LogP contribution is 2.21. The minimum absolute atomic E-state index is 0.520. The summed E-state index contributed by atoms with van der Waals surface area (Å²) in [5, 5.41) is 0. The van der Waals surface area contributed by atoms with Crippen LogP contribution in [0.3, 0.4) is 0 Å². The molecule has 1 atom stereocenters. The molecule has 1 rings (SSSR count). The van der Waals surface area contributed by atoms with Crippen molar-refractivity contribution in [3.8, 4) is 0 Å². The number of aromatic nitrogens is 2. The number of imidazole rings is 1. The van der Waals surface area contributed by atoms with E-state index in [0.717, 1.165) is 12.1 Å². The summed E-state index contributed by atoms with van der Waals surface area (Å²) >= 11 is 0. The van der Waals surface area contributed by atoms with E-state index in [0.29, 0.717) is 12.0 Å². The van der Waals surface area contributed by atoms with Crippen LogP contribution in [0, 0.1) is 6.92 Å². The highest BCUT2D eigenvalue weighted by molar-refractivity contribution is 5.22. The molecule has 0 aromatic carbocycles. The van der Waals surface area contributed by atoms with Gasteiger partial charge in [0, 0.05) is 12.2 Å². The van der Waals surface area contributed by atoms with Gasteiger partial charge in [-0.2, -0.15) is 0 Å². The molecule has 3 nitrogen and oxygen atoms in total. The molecule has 13 heavy (non-hydrogen) atoms. The summed E-state index contributed by atoms with van der Waals surface area (Å²) in [4.78, 5) is 4.20. The van der Waals surface area contributed by atoms with Crippen LogP contribution < -0.4 is 5.73 Å². The van der Waals surface area contributed by atoms with Crippen LogP contribution >= 0.6 is 0 Å². The fourth-order valence-corrected chi connectivity index (χ4v) is 1.70. The molecule has 0 aliphatic heterocycles. The lowest BCUT2D eigenvalue weighted by Crippen LogP contribution is -2.10. The van der Waals surface area contributed by atoms with E-state index in [-0.39, 0.29) is 0 Å². The summed E-state index contributed by atoms with van der Waals surface area (Å²) in [5.74, 6) is 0.651. The van der Waals surface area contributed by atoms with Gasteiger partial charge >= 0.3 is 0 Å². The van der Waals surface area contributed by atoms with Crippen LogP contribution in [0.4, 0.5) is 5.95 Å². The van der Waals surface area contributed by atoms with E-state index >= 15 is 0 Å². The van der Waals surface area contributed by atoms with Crippen molar-refractivity contribution in [2.45, 2.75) is 46.1 Å². The van der Waals surface area contributed by atoms with E-state index < -0.39 is 0 Å². The molecule has 0 amide bonds. The number of aryl methyl sites for hydroxylation is 1. The first-order chi connectivity index (χ1) is 6.19. The van der Waals surface area contributed by atoms with Crippen molar-refractivity contribution in [1.29, 1.82) is 0 Å². The van der Waals surface area contributed by atoms with E-state index in [2.05, 4.69) is 23.4 Å². The van der Waals surface area contributed by atoms with Crippen molar-refractivity contribution in [3.63, 3.8) is 0 Å². The highest BCUT2D eigenvalue weighted by atomic mass is 15.2. The molecule has 1 aromatic heterocycles. The van der Waals surface area contributed by atoms with E-state index in [4.69, 9.17) is 5.73 Å². The van der Waals surface area contributed by atoms with Gasteiger partial charge in [0.15, 0.2) is 0 Å². The molecule has 0 spiro atoms. The minimum atomic E-state index is 0.520. The second kappa shape index (κ2) is 4.30. The number of hydrogen-bond donors (Lipinski definition) is 1. The average molecular weight is 181 g/mol. The Hall–Kier alpha value is -0.990. The zero-order chi connectivity index (χ0) is 9.84.